The van der Waals surface area contributed by atoms with Crippen LogP contribution in [0.15, 0.2) is 18.2 Å². The normalized spacial score (nSPS) is 12.7. The maximum Gasteiger partial charge on any atom is 0.0587 e. The highest BCUT2D eigenvalue weighted by Crippen LogP contribution is 2.15. The molecule has 0 heterocycles. The topological polar surface area (TPSA) is 21.3 Å². The van der Waals surface area contributed by atoms with Crippen molar-refractivity contribution in [3.8, 4) is 0 Å². The van der Waals surface area contributed by atoms with E-state index in [2.05, 4.69) is 44.3 Å². The molecule has 1 rings (SSSR count). The minimum absolute atomic E-state index is 0.711. The van der Waals surface area contributed by atoms with Gasteiger partial charge in [-0.25, -0.2) is 0 Å². The first-order valence-corrected chi connectivity index (χ1v) is 6.92. The number of ether oxygens (including phenoxy) is 1. The largest absolute Gasteiger partial charge is 0.383 e. The van der Waals surface area contributed by atoms with Crippen LogP contribution in [0.5, 0.6) is 0 Å². The smallest absolute Gasteiger partial charge is 0.0587 e. The fourth-order valence-corrected chi connectivity index (χ4v) is 2.36. The average molecular weight is 249 g/mol. The van der Waals surface area contributed by atoms with Gasteiger partial charge in [-0.3, -0.25) is 0 Å². The van der Waals surface area contributed by atoms with Crippen molar-refractivity contribution in [2.75, 3.05) is 26.8 Å². The molecule has 0 aliphatic heterocycles. The monoisotopic (exact) mass is 249 g/mol. The molecule has 0 amide bonds. The number of aryl methyl sites for hydroxylation is 2. The van der Waals surface area contributed by atoms with Gasteiger partial charge in [0, 0.05) is 13.7 Å². The van der Waals surface area contributed by atoms with Crippen molar-refractivity contribution in [1.29, 1.82) is 0 Å². The van der Waals surface area contributed by atoms with Crippen molar-refractivity contribution in [1.82, 2.24) is 5.32 Å². The molecule has 18 heavy (non-hydrogen) atoms. The van der Waals surface area contributed by atoms with Crippen LogP contribution in [0, 0.1) is 19.8 Å². The predicted molar refractivity (Wildman–Crippen MR) is 78.1 cm³/mol. The summed E-state index contributed by atoms with van der Waals surface area (Å²) in [5.41, 5.74) is 4.20. The third kappa shape index (κ3) is 5.65. The lowest BCUT2D eigenvalue weighted by Gasteiger charge is -2.16. The second-order valence-corrected chi connectivity index (χ2v) is 5.17. The van der Waals surface area contributed by atoms with Crippen LogP contribution in [0.1, 0.15) is 30.0 Å². The molecule has 0 aliphatic carbocycles. The molecular formula is C16H27NO. The number of methoxy groups -OCH3 is 1. The zero-order valence-corrected chi connectivity index (χ0v) is 12.3. The van der Waals surface area contributed by atoms with Gasteiger partial charge in [-0.15, -0.1) is 0 Å². The zero-order valence-electron chi connectivity index (χ0n) is 12.3. The van der Waals surface area contributed by atoms with Gasteiger partial charge < -0.3 is 10.1 Å². The maximum atomic E-state index is 5.04. The van der Waals surface area contributed by atoms with Gasteiger partial charge >= 0.3 is 0 Å². The lowest BCUT2D eigenvalue weighted by molar-refractivity contribution is 0.197. The molecule has 1 unspecified atom stereocenters. The fraction of sp³-hybridized carbons (Fsp3) is 0.625. The van der Waals surface area contributed by atoms with Gasteiger partial charge in [0.05, 0.1) is 6.61 Å². The average Bonchev–Trinajstić information content (AvgIpc) is 2.32. The lowest BCUT2D eigenvalue weighted by Crippen LogP contribution is -2.27. The summed E-state index contributed by atoms with van der Waals surface area (Å²) in [7, 11) is 1.74. The molecule has 1 N–H and O–H groups in total. The van der Waals surface area contributed by atoms with Crippen LogP contribution in [-0.2, 0) is 11.2 Å². The number of hydrogen-bond acceptors (Lipinski definition) is 2. The van der Waals surface area contributed by atoms with Crippen LogP contribution in [0.3, 0.4) is 0 Å². The minimum Gasteiger partial charge on any atom is -0.383 e. The van der Waals surface area contributed by atoms with Crippen LogP contribution in [-0.4, -0.2) is 26.8 Å². The van der Waals surface area contributed by atoms with Crippen LogP contribution in [0.2, 0.25) is 0 Å². The summed E-state index contributed by atoms with van der Waals surface area (Å²) in [5, 5.41) is 3.46. The summed E-state index contributed by atoms with van der Waals surface area (Å²) >= 11 is 0. The molecule has 0 bridgehead atoms. The van der Waals surface area contributed by atoms with Crippen LogP contribution < -0.4 is 5.32 Å². The molecule has 0 saturated heterocycles. The Morgan fingerprint density at radius 3 is 2.39 bits per heavy atom. The van der Waals surface area contributed by atoms with E-state index in [1.54, 1.807) is 7.11 Å². The molecule has 2 heteroatoms. The molecule has 1 atom stereocenters. The van der Waals surface area contributed by atoms with Crippen LogP contribution in [0.25, 0.3) is 0 Å². The molecule has 1 aromatic rings. The van der Waals surface area contributed by atoms with E-state index in [4.69, 9.17) is 4.74 Å². The number of nitrogens with one attached hydrogen (secondary N) is 1. The summed E-state index contributed by atoms with van der Waals surface area (Å²) in [6, 6.07) is 6.86. The second-order valence-electron chi connectivity index (χ2n) is 5.17. The van der Waals surface area contributed by atoms with Crippen LogP contribution >= 0.6 is 0 Å². The van der Waals surface area contributed by atoms with Gasteiger partial charge in [0.15, 0.2) is 0 Å². The molecule has 0 spiro atoms. The van der Waals surface area contributed by atoms with E-state index in [0.717, 1.165) is 19.7 Å². The quantitative estimate of drug-likeness (QED) is 0.715. The molecule has 0 fully saturated rings. The molecular weight excluding hydrogens is 222 g/mol. The second kappa shape index (κ2) is 8.28. The maximum absolute atomic E-state index is 5.04. The van der Waals surface area contributed by atoms with E-state index >= 15 is 0 Å². The summed E-state index contributed by atoms with van der Waals surface area (Å²) in [6.45, 7) is 9.43. The van der Waals surface area contributed by atoms with E-state index in [-0.39, 0.29) is 0 Å². The molecule has 0 radical (unpaired) electrons. The third-order valence-electron chi connectivity index (χ3n) is 3.30. The Kier molecular flexibility index (Phi) is 6.99. The first-order chi connectivity index (χ1) is 8.65. The van der Waals surface area contributed by atoms with Gasteiger partial charge in [0.2, 0.25) is 0 Å². The molecule has 102 valence electrons. The highest BCUT2D eigenvalue weighted by molar-refractivity contribution is 5.28. The highest BCUT2D eigenvalue weighted by Gasteiger charge is 2.07. The Balaban J connectivity index is 2.46. The van der Waals surface area contributed by atoms with Gasteiger partial charge in [0.25, 0.3) is 0 Å². The summed E-state index contributed by atoms with van der Waals surface area (Å²) in [4.78, 5) is 0. The Hall–Kier alpha value is -0.860. The molecule has 0 aliphatic rings. The van der Waals surface area contributed by atoms with Crippen molar-refractivity contribution in [3.05, 3.63) is 34.9 Å². The standard InChI is InChI=1S/C16H27NO/c1-5-15(12-17-6-7-18-4)11-16-9-13(2)8-14(3)10-16/h8-10,15,17H,5-7,11-12H2,1-4H3. The van der Waals surface area contributed by atoms with E-state index < -0.39 is 0 Å². The van der Waals surface area contributed by atoms with E-state index in [1.807, 2.05) is 0 Å². The summed E-state index contributed by atoms with van der Waals surface area (Å²) in [6.07, 6.45) is 2.38. The molecule has 1 aromatic carbocycles. The van der Waals surface area contributed by atoms with Gasteiger partial charge in [0.1, 0.15) is 0 Å². The SMILES string of the molecule is CCC(CNCCOC)Cc1cc(C)cc(C)c1. The number of hydrogen-bond donors (Lipinski definition) is 1. The first kappa shape index (κ1) is 15.2. The van der Waals surface area contributed by atoms with E-state index in [0.29, 0.717) is 5.92 Å². The van der Waals surface area contributed by atoms with Crippen LogP contribution in [0.4, 0.5) is 0 Å². The Morgan fingerprint density at radius 1 is 1.17 bits per heavy atom. The van der Waals surface area contributed by atoms with Crippen molar-refractivity contribution < 1.29 is 4.74 Å². The van der Waals surface area contributed by atoms with Crippen molar-refractivity contribution >= 4 is 0 Å². The summed E-state index contributed by atoms with van der Waals surface area (Å²) < 4.78 is 5.04. The third-order valence-corrected chi connectivity index (χ3v) is 3.30. The summed E-state index contributed by atoms with van der Waals surface area (Å²) in [5.74, 6) is 0.711. The first-order valence-electron chi connectivity index (χ1n) is 6.92. The number of benzene rings is 1. The lowest BCUT2D eigenvalue weighted by atomic mass is 9.94. The van der Waals surface area contributed by atoms with Crippen molar-refractivity contribution in [2.24, 2.45) is 5.92 Å². The Labute approximate surface area is 112 Å². The van der Waals surface area contributed by atoms with Gasteiger partial charge in [-0.1, -0.05) is 42.7 Å². The minimum atomic E-state index is 0.711. The number of rotatable bonds is 8. The highest BCUT2D eigenvalue weighted by atomic mass is 16.5. The fourth-order valence-electron chi connectivity index (χ4n) is 2.36. The van der Waals surface area contributed by atoms with Gasteiger partial charge in [-0.05, 0) is 38.3 Å². The Bertz CT molecular complexity index is 329. The van der Waals surface area contributed by atoms with Gasteiger partial charge in [-0.2, -0.15) is 0 Å². The molecule has 0 saturated carbocycles. The van der Waals surface area contributed by atoms with E-state index in [9.17, 15) is 0 Å². The van der Waals surface area contributed by atoms with Crippen molar-refractivity contribution in [2.45, 2.75) is 33.6 Å². The predicted octanol–water partition coefficient (Wildman–Crippen LogP) is 3.11. The van der Waals surface area contributed by atoms with Crippen molar-refractivity contribution in [3.63, 3.8) is 0 Å². The van der Waals surface area contributed by atoms with E-state index in [1.165, 1.54) is 29.5 Å². The Morgan fingerprint density at radius 2 is 1.83 bits per heavy atom. The molecule has 2 nitrogen and oxygen atoms in total. The zero-order chi connectivity index (χ0) is 13.4. The molecule has 0 aromatic heterocycles.